The molecule has 0 fully saturated rings. The SMILES string of the molecule is CC(C)c1cc(C(=O)NCCCN(C)C)n(-c2ccccc2)n1. The molecule has 0 aliphatic rings. The number of aromatic nitrogens is 2. The number of nitrogens with zero attached hydrogens (tertiary/aromatic N) is 3. The molecule has 124 valence electrons. The zero-order valence-electron chi connectivity index (χ0n) is 14.4. The first-order valence-corrected chi connectivity index (χ1v) is 8.07. The second kappa shape index (κ2) is 7.92. The van der Waals surface area contributed by atoms with Crippen LogP contribution in [0, 0.1) is 0 Å². The Bertz CT molecular complexity index is 632. The Hall–Kier alpha value is -2.14. The number of hydrogen-bond donors (Lipinski definition) is 1. The van der Waals surface area contributed by atoms with Gasteiger partial charge in [-0.1, -0.05) is 32.0 Å². The quantitative estimate of drug-likeness (QED) is 0.799. The van der Waals surface area contributed by atoms with Gasteiger partial charge < -0.3 is 10.2 Å². The predicted octanol–water partition coefficient (Wildman–Crippen LogP) is 2.68. The molecule has 23 heavy (non-hydrogen) atoms. The van der Waals surface area contributed by atoms with Crippen molar-refractivity contribution in [1.29, 1.82) is 0 Å². The maximum absolute atomic E-state index is 12.5. The molecule has 2 aromatic rings. The second-order valence-electron chi connectivity index (χ2n) is 6.27. The van der Waals surface area contributed by atoms with Crippen molar-refractivity contribution in [2.75, 3.05) is 27.2 Å². The van der Waals surface area contributed by atoms with E-state index in [-0.39, 0.29) is 11.8 Å². The van der Waals surface area contributed by atoms with Gasteiger partial charge in [0.05, 0.1) is 11.4 Å². The Kier molecular flexibility index (Phi) is 5.93. The summed E-state index contributed by atoms with van der Waals surface area (Å²) >= 11 is 0. The van der Waals surface area contributed by atoms with Crippen molar-refractivity contribution in [2.24, 2.45) is 0 Å². The van der Waals surface area contributed by atoms with E-state index in [1.165, 1.54) is 0 Å². The Morgan fingerprint density at radius 2 is 1.96 bits per heavy atom. The third-order valence-electron chi connectivity index (χ3n) is 3.62. The van der Waals surface area contributed by atoms with Crippen LogP contribution in [0.4, 0.5) is 0 Å². The highest BCUT2D eigenvalue weighted by Gasteiger charge is 2.17. The van der Waals surface area contributed by atoms with E-state index in [2.05, 4.69) is 29.2 Å². The van der Waals surface area contributed by atoms with Crippen molar-refractivity contribution in [1.82, 2.24) is 20.0 Å². The molecule has 5 nitrogen and oxygen atoms in total. The fourth-order valence-electron chi connectivity index (χ4n) is 2.30. The molecule has 1 N–H and O–H groups in total. The summed E-state index contributed by atoms with van der Waals surface area (Å²) in [5.41, 5.74) is 2.41. The molecule has 1 amide bonds. The van der Waals surface area contributed by atoms with Gasteiger partial charge >= 0.3 is 0 Å². The zero-order valence-corrected chi connectivity index (χ0v) is 14.4. The lowest BCUT2D eigenvalue weighted by atomic mass is 10.1. The van der Waals surface area contributed by atoms with Crippen molar-refractivity contribution in [2.45, 2.75) is 26.2 Å². The molecule has 1 heterocycles. The summed E-state index contributed by atoms with van der Waals surface area (Å²) in [6, 6.07) is 11.7. The second-order valence-corrected chi connectivity index (χ2v) is 6.27. The van der Waals surface area contributed by atoms with Gasteiger partial charge in [0.25, 0.3) is 5.91 Å². The Labute approximate surface area is 138 Å². The standard InChI is InChI=1S/C18H26N4O/c1-14(2)16-13-17(18(23)19-11-8-12-21(3)4)22(20-16)15-9-6-5-7-10-15/h5-7,9-10,13-14H,8,11-12H2,1-4H3,(H,19,23). The number of rotatable bonds is 7. The van der Waals surface area contributed by atoms with E-state index in [0.29, 0.717) is 12.2 Å². The molecule has 5 heteroatoms. The first-order chi connectivity index (χ1) is 11.0. The maximum Gasteiger partial charge on any atom is 0.270 e. The van der Waals surface area contributed by atoms with Gasteiger partial charge in [-0.3, -0.25) is 4.79 Å². The first-order valence-electron chi connectivity index (χ1n) is 8.07. The molecule has 0 atom stereocenters. The van der Waals surface area contributed by atoms with Gasteiger partial charge in [-0.05, 0) is 51.2 Å². The van der Waals surface area contributed by atoms with Crippen LogP contribution in [0.1, 0.15) is 42.4 Å². The van der Waals surface area contributed by atoms with Crippen molar-refractivity contribution < 1.29 is 4.79 Å². The topological polar surface area (TPSA) is 50.2 Å². The summed E-state index contributed by atoms with van der Waals surface area (Å²) in [5.74, 6) is 0.201. The van der Waals surface area contributed by atoms with Gasteiger partial charge in [0, 0.05) is 6.54 Å². The van der Waals surface area contributed by atoms with Gasteiger partial charge in [0.15, 0.2) is 0 Å². The van der Waals surface area contributed by atoms with E-state index in [1.807, 2.05) is 50.5 Å². The fraction of sp³-hybridized carbons (Fsp3) is 0.444. The number of amides is 1. The van der Waals surface area contributed by atoms with Crippen molar-refractivity contribution >= 4 is 5.91 Å². The minimum absolute atomic E-state index is 0.0768. The maximum atomic E-state index is 12.5. The van der Waals surface area contributed by atoms with Gasteiger partial charge in [-0.15, -0.1) is 0 Å². The molecule has 2 rings (SSSR count). The lowest BCUT2D eigenvalue weighted by Gasteiger charge is -2.10. The van der Waals surface area contributed by atoms with Crippen molar-refractivity contribution in [3.63, 3.8) is 0 Å². The molecule has 0 bridgehead atoms. The molecule has 0 saturated carbocycles. The van der Waals surface area contributed by atoms with Crippen LogP contribution in [0.25, 0.3) is 5.69 Å². The minimum atomic E-state index is -0.0768. The van der Waals surface area contributed by atoms with Crippen LogP contribution in [0.2, 0.25) is 0 Å². The third kappa shape index (κ3) is 4.66. The van der Waals surface area contributed by atoms with Crippen molar-refractivity contribution in [3.8, 4) is 5.69 Å². The van der Waals surface area contributed by atoms with Crippen molar-refractivity contribution in [3.05, 3.63) is 47.8 Å². The summed E-state index contributed by atoms with van der Waals surface area (Å²) in [5, 5.41) is 7.60. The van der Waals surface area contributed by atoms with E-state index in [1.54, 1.807) is 4.68 Å². The normalized spacial score (nSPS) is 11.2. The lowest BCUT2D eigenvalue weighted by Crippen LogP contribution is -2.28. The summed E-state index contributed by atoms with van der Waals surface area (Å²) in [6.07, 6.45) is 0.926. The molecular formula is C18H26N4O. The van der Waals surface area contributed by atoms with Gasteiger partial charge in [-0.2, -0.15) is 5.10 Å². The third-order valence-corrected chi connectivity index (χ3v) is 3.62. The molecule has 0 aliphatic carbocycles. The van der Waals surface area contributed by atoms with Crippen LogP contribution in [0.3, 0.4) is 0 Å². The molecule has 0 saturated heterocycles. The predicted molar refractivity (Wildman–Crippen MR) is 93.2 cm³/mol. The number of carbonyl (C=O) groups is 1. The summed E-state index contributed by atoms with van der Waals surface area (Å²) < 4.78 is 1.73. The van der Waals surface area contributed by atoms with E-state index >= 15 is 0 Å². The van der Waals surface area contributed by atoms with Gasteiger partial charge in [0.2, 0.25) is 0 Å². The number of hydrogen-bond acceptors (Lipinski definition) is 3. The number of para-hydroxylation sites is 1. The Balaban J connectivity index is 2.18. The molecular weight excluding hydrogens is 288 g/mol. The van der Waals surface area contributed by atoms with Crippen LogP contribution in [-0.2, 0) is 0 Å². The minimum Gasteiger partial charge on any atom is -0.351 e. The van der Waals surface area contributed by atoms with Crippen LogP contribution < -0.4 is 5.32 Å². The highest BCUT2D eigenvalue weighted by molar-refractivity contribution is 5.93. The largest absolute Gasteiger partial charge is 0.351 e. The molecule has 0 unspecified atom stereocenters. The smallest absolute Gasteiger partial charge is 0.270 e. The van der Waals surface area contributed by atoms with Crippen LogP contribution >= 0.6 is 0 Å². The molecule has 0 aliphatic heterocycles. The highest BCUT2D eigenvalue weighted by Crippen LogP contribution is 2.18. The Morgan fingerprint density at radius 3 is 2.57 bits per heavy atom. The van der Waals surface area contributed by atoms with Gasteiger partial charge in [0.1, 0.15) is 5.69 Å². The number of carbonyl (C=O) groups excluding carboxylic acids is 1. The van der Waals surface area contributed by atoms with E-state index in [0.717, 1.165) is 24.3 Å². The fourth-order valence-corrected chi connectivity index (χ4v) is 2.30. The van der Waals surface area contributed by atoms with E-state index in [4.69, 9.17) is 0 Å². The first kappa shape index (κ1) is 17.2. The monoisotopic (exact) mass is 314 g/mol. The molecule has 0 radical (unpaired) electrons. The molecule has 1 aromatic carbocycles. The number of benzene rings is 1. The Morgan fingerprint density at radius 1 is 1.26 bits per heavy atom. The highest BCUT2D eigenvalue weighted by atomic mass is 16.2. The zero-order chi connectivity index (χ0) is 16.8. The summed E-state index contributed by atoms with van der Waals surface area (Å²) in [4.78, 5) is 14.6. The average Bonchev–Trinajstić information content (AvgIpc) is 2.97. The molecule has 0 spiro atoms. The number of nitrogens with one attached hydrogen (secondary N) is 1. The summed E-state index contributed by atoms with van der Waals surface area (Å²) in [7, 11) is 4.06. The van der Waals surface area contributed by atoms with Crippen LogP contribution in [0.15, 0.2) is 36.4 Å². The summed E-state index contributed by atoms with van der Waals surface area (Å²) in [6.45, 7) is 5.77. The lowest BCUT2D eigenvalue weighted by molar-refractivity contribution is 0.0944. The van der Waals surface area contributed by atoms with E-state index in [9.17, 15) is 4.79 Å². The molecule has 1 aromatic heterocycles. The average molecular weight is 314 g/mol. The van der Waals surface area contributed by atoms with E-state index < -0.39 is 0 Å². The van der Waals surface area contributed by atoms with Gasteiger partial charge in [-0.25, -0.2) is 4.68 Å². The van der Waals surface area contributed by atoms with Crippen LogP contribution in [-0.4, -0.2) is 47.8 Å². The van der Waals surface area contributed by atoms with Crippen LogP contribution in [0.5, 0.6) is 0 Å².